The van der Waals surface area contributed by atoms with Crippen LogP contribution in [0.25, 0.3) is 0 Å². The molecule has 0 saturated carbocycles. The summed E-state index contributed by atoms with van der Waals surface area (Å²) in [6.45, 7) is 2.49. The number of carbonyl (C=O) groups is 3. The highest BCUT2D eigenvalue weighted by Gasteiger charge is 2.29. The van der Waals surface area contributed by atoms with Gasteiger partial charge in [0.1, 0.15) is 25.4 Å². The Balaban J connectivity index is 4.51. The average molecular weight is 1460 g/mol. The van der Waals surface area contributed by atoms with E-state index in [-0.39, 0.29) is 19.3 Å². The SMILES string of the molecule is CC/C=C\C/C=C\C/C=C\C/C=C\C/C=C\C/C=C\CCCCCCCCCCCCCCC(=O)OCC(O)COP(=O)(O)OCC(O)COP(=O)(O)OCC(COC(=O)CCCCCCCC/C=C\C/C=C\C/C=C\CCCCC)OC(=O)CCCCCCC/C=C\C/C=C\CCCCC. The molecule has 0 heterocycles. The number of rotatable bonds is 74. The third-order valence-corrected chi connectivity index (χ3v) is 18.2. The summed E-state index contributed by atoms with van der Waals surface area (Å²) in [4.78, 5) is 58.6. The molecule has 0 bridgehead atoms. The fraction of sp³-hybridized carbons (Fsp3) is 0.699. The second kappa shape index (κ2) is 75.4. The van der Waals surface area contributed by atoms with Gasteiger partial charge in [-0.3, -0.25) is 32.5 Å². The van der Waals surface area contributed by atoms with Gasteiger partial charge >= 0.3 is 33.6 Å². The zero-order chi connectivity index (χ0) is 73.7. The van der Waals surface area contributed by atoms with E-state index >= 15 is 0 Å². The molecular weight excluding hydrogens is 1310 g/mol. The lowest BCUT2D eigenvalue weighted by atomic mass is 10.0. The largest absolute Gasteiger partial charge is 0.472 e. The van der Waals surface area contributed by atoms with Gasteiger partial charge in [0, 0.05) is 19.3 Å². The number of aliphatic hydroxyl groups excluding tert-OH is 2. The number of unbranched alkanes of at least 4 members (excludes halogenated alkanes) is 29. The first kappa shape index (κ1) is 96.7. The van der Waals surface area contributed by atoms with E-state index < -0.39 is 91.5 Å². The van der Waals surface area contributed by atoms with Gasteiger partial charge in [-0.2, -0.15) is 0 Å². The monoisotopic (exact) mass is 1460 g/mol. The zero-order valence-corrected chi connectivity index (χ0v) is 65.1. The first-order chi connectivity index (χ1) is 49.2. The highest BCUT2D eigenvalue weighted by Crippen LogP contribution is 2.45. The molecule has 0 fully saturated rings. The smallest absolute Gasteiger partial charge is 0.463 e. The molecule has 5 atom stereocenters. The molecule has 4 N–H and O–H groups in total. The number of aliphatic hydroxyl groups is 2. The molecule has 0 rings (SSSR count). The van der Waals surface area contributed by atoms with Crippen molar-refractivity contribution in [3.05, 3.63) is 134 Å². The van der Waals surface area contributed by atoms with Crippen LogP contribution in [0.5, 0.6) is 0 Å². The molecule has 0 aliphatic heterocycles. The van der Waals surface area contributed by atoms with E-state index in [0.29, 0.717) is 19.3 Å². The van der Waals surface area contributed by atoms with Crippen molar-refractivity contribution in [2.75, 3.05) is 39.6 Å². The van der Waals surface area contributed by atoms with Gasteiger partial charge in [-0.05, 0) is 141 Å². The number of allylic oxidation sites excluding steroid dienone is 22. The molecule has 0 amide bonds. The third-order valence-electron chi connectivity index (χ3n) is 16.3. The van der Waals surface area contributed by atoms with E-state index in [1.807, 2.05) is 0 Å². The Hall–Kier alpha value is -4.31. The summed E-state index contributed by atoms with van der Waals surface area (Å²) in [6.07, 6.45) is 90.7. The maximum absolute atomic E-state index is 13.0. The van der Waals surface area contributed by atoms with Gasteiger partial charge in [0.25, 0.3) is 0 Å². The standard InChI is InChI=1S/C83H142O16P2/c1-4-7-10-13-16-19-22-25-28-30-32-33-34-35-36-37-38-39-40-41-42-43-45-47-49-51-54-57-60-63-66-69-81(86)93-72-78(84)73-95-100(89,90)96-74-79(85)75-97-101(91,92)98-77-80(99-83(88)71-68-65-62-59-56-53-48-27-24-21-18-15-12-9-6-3)76-94-82(87)70-67-64-61-58-55-52-50-46-44-31-29-26-23-20-17-14-11-8-5-2/h7,10,16-21,25-29,32-33,35-36,38-39,44,46,48,78-80,84-85H,4-6,8-9,11-15,22-24,30-31,34,37,40-43,45,47,49-77H2,1-3H3,(H,89,90)(H,91,92)/b10-7-,19-16-,20-17-,21-18-,28-25-,29-26-,33-32-,36-35-,39-38-,46-44-,48-27-. The Morgan fingerprint density at radius 3 is 0.832 bits per heavy atom. The molecule has 0 spiro atoms. The molecule has 0 aliphatic carbocycles. The van der Waals surface area contributed by atoms with Gasteiger partial charge in [0.15, 0.2) is 6.10 Å². The molecule has 0 aromatic carbocycles. The van der Waals surface area contributed by atoms with Crippen molar-refractivity contribution in [2.24, 2.45) is 0 Å². The van der Waals surface area contributed by atoms with E-state index in [1.54, 1.807) is 0 Å². The van der Waals surface area contributed by atoms with E-state index in [0.717, 1.165) is 167 Å². The summed E-state index contributed by atoms with van der Waals surface area (Å²) in [6, 6.07) is 0. The molecule has 0 saturated heterocycles. The average Bonchev–Trinajstić information content (AvgIpc) is 0.980. The Kier molecular flexibility index (Phi) is 72.2. The highest BCUT2D eigenvalue weighted by atomic mass is 31.2. The summed E-state index contributed by atoms with van der Waals surface area (Å²) >= 11 is 0. The van der Waals surface area contributed by atoms with Crippen LogP contribution in [0.15, 0.2) is 134 Å². The predicted octanol–water partition coefficient (Wildman–Crippen LogP) is 23.1. The van der Waals surface area contributed by atoms with Crippen LogP contribution in [0, 0.1) is 0 Å². The van der Waals surface area contributed by atoms with Crippen LogP contribution >= 0.6 is 15.6 Å². The van der Waals surface area contributed by atoms with Crippen LogP contribution in [0.1, 0.15) is 316 Å². The van der Waals surface area contributed by atoms with Gasteiger partial charge in [0.05, 0.1) is 26.4 Å². The van der Waals surface area contributed by atoms with Gasteiger partial charge < -0.3 is 34.2 Å². The fourth-order valence-corrected chi connectivity index (χ4v) is 11.9. The maximum atomic E-state index is 13.0. The molecule has 16 nitrogen and oxygen atoms in total. The molecule has 0 aromatic rings. The van der Waals surface area contributed by atoms with Crippen LogP contribution in [-0.4, -0.2) is 95.9 Å². The van der Waals surface area contributed by atoms with E-state index in [9.17, 15) is 43.5 Å². The first-order valence-electron chi connectivity index (χ1n) is 39.5. The van der Waals surface area contributed by atoms with Gasteiger partial charge in [-0.25, -0.2) is 9.13 Å². The summed E-state index contributed by atoms with van der Waals surface area (Å²) in [5, 5.41) is 20.6. The van der Waals surface area contributed by atoms with Crippen LogP contribution in [-0.2, 0) is 55.8 Å². The van der Waals surface area contributed by atoms with Gasteiger partial charge in [-0.1, -0.05) is 289 Å². The number of ether oxygens (including phenoxy) is 3. The minimum absolute atomic E-state index is 0.0838. The van der Waals surface area contributed by atoms with Gasteiger partial charge in [-0.15, -0.1) is 0 Å². The van der Waals surface area contributed by atoms with Crippen LogP contribution < -0.4 is 0 Å². The third kappa shape index (κ3) is 76.6. The highest BCUT2D eigenvalue weighted by molar-refractivity contribution is 7.47. The van der Waals surface area contributed by atoms with Crippen molar-refractivity contribution in [3.63, 3.8) is 0 Å². The molecule has 18 heteroatoms. The van der Waals surface area contributed by atoms with E-state index in [4.69, 9.17) is 32.3 Å². The molecule has 0 radical (unpaired) electrons. The molecule has 5 unspecified atom stereocenters. The Morgan fingerprint density at radius 2 is 0.525 bits per heavy atom. The summed E-state index contributed by atoms with van der Waals surface area (Å²) in [7, 11) is -9.80. The number of hydrogen-bond donors (Lipinski definition) is 4. The second-order valence-electron chi connectivity index (χ2n) is 26.1. The number of phosphoric ester groups is 2. The van der Waals surface area contributed by atoms with Crippen molar-refractivity contribution in [1.29, 1.82) is 0 Å². The quantitative estimate of drug-likeness (QED) is 0.0146. The predicted molar refractivity (Wildman–Crippen MR) is 417 cm³/mol. The zero-order valence-electron chi connectivity index (χ0n) is 63.3. The lowest BCUT2D eigenvalue weighted by Gasteiger charge is -2.21. The fourth-order valence-electron chi connectivity index (χ4n) is 10.3. The number of esters is 3. The number of hydrogen-bond acceptors (Lipinski definition) is 14. The minimum Gasteiger partial charge on any atom is -0.463 e. The number of phosphoric acid groups is 2. The van der Waals surface area contributed by atoms with Crippen molar-refractivity contribution >= 4 is 33.6 Å². The first-order valence-corrected chi connectivity index (χ1v) is 42.5. The van der Waals surface area contributed by atoms with Crippen LogP contribution in [0.4, 0.5) is 0 Å². The van der Waals surface area contributed by atoms with E-state index in [1.165, 1.54) is 89.9 Å². The Morgan fingerprint density at radius 1 is 0.287 bits per heavy atom. The lowest BCUT2D eigenvalue weighted by Crippen LogP contribution is -2.30. The topological polar surface area (TPSA) is 231 Å². The van der Waals surface area contributed by atoms with Crippen molar-refractivity contribution in [1.82, 2.24) is 0 Å². The van der Waals surface area contributed by atoms with Crippen LogP contribution in [0.3, 0.4) is 0 Å². The molecular formula is C83H142O16P2. The van der Waals surface area contributed by atoms with Gasteiger partial charge in [0.2, 0.25) is 0 Å². The van der Waals surface area contributed by atoms with Crippen molar-refractivity contribution < 1.29 is 75.8 Å². The molecule has 0 aliphatic rings. The molecule has 0 aromatic heterocycles. The Labute approximate surface area is 614 Å². The van der Waals surface area contributed by atoms with Crippen LogP contribution in [0.2, 0.25) is 0 Å². The second-order valence-corrected chi connectivity index (χ2v) is 29.0. The maximum Gasteiger partial charge on any atom is 0.472 e. The number of carbonyl (C=O) groups excluding carboxylic acids is 3. The summed E-state index contributed by atoms with van der Waals surface area (Å²) in [5.41, 5.74) is 0. The summed E-state index contributed by atoms with van der Waals surface area (Å²) in [5.74, 6) is -1.60. The van der Waals surface area contributed by atoms with E-state index in [2.05, 4.69) is 154 Å². The summed E-state index contributed by atoms with van der Waals surface area (Å²) < 4.78 is 61.1. The molecule has 101 heavy (non-hydrogen) atoms. The lowest BCUT2D eigenvalue weighted by molar-refractivity contribution is -0.161. The minimum atomic E-state index is -4.94. The van der Waals surface area contributed by atoms with Crippen molar-refractivity contribution in [3.8, 4) is 0 Å². The molecule has 580 valence electrons. The Bertz CT molecular complexity index is 2370. The normalized spacial score (nSPS) is 14.7. The van der Waals surface area contributed by atoms with Crippen molar-refractivity contribution in [2.45, 2.75) is 334 Å².